The summed E-state index contributed by atoms with van der Waals surface area (Å²) in [4.78, 5) is 24.7. The van der Waals surface area contributed by atoms with E-state index in [9.17, 15) is 9.59 Å². The van der Waals surface area contributed by atoms with E-state index in [2.05, 4.69) is 5.32 Å². The number of methoxy groups -OCH3 is 1. The van der Waals surface area contributed by atoms with Crippen molar-refractivity contribution in [3.8, 4) is 22.6 Å². The number of amides is 1. The van der Waals surface area contributed by atoms with Crippen molar-refractivity contribution in [2.45, 2.75) is 26.4 Å². The molecule has 0 aliphatic carbocycles. The van der Waals surface area contributed by atoms with E-state index in [4.69, 9.17) is 23.4 Å². The quantitative estimate of drug-likeness (QED) is 0.384. The number of carbonyl (C=O) groups is 1. The molecule has 2 heterocycles. The molecule has 1 aromatic heterocycles. The molecule has 0 unspecified atom stereocenters. The van der Waals surface area contributed by atoms with E-state index in [1.165, 1.54) is 13.2 Å². The van der Waals surface area contributed by atoms with Crippen LogP contribution in [0.15, 0.2) is 51.9 Å². The number of benzene rings is 2. The lowest BCUT2D eigenvalue weighted by molar-refractivity contribution is -0.114. The molecule has 0 radical (unpaired) electrons. The van der Waals surface area contributed by atoms with Gasteiger partial charge in [0, 0.05) is 43.0 Å². The van der Waals surface area contributed by atoms with Crippen LogP contribution in [0.25, 0.3) is 28.2 Å². The molecule has 2 aromatic carbocycles. The fourth-order valence-corrected chi connectivity index (χ4v) is 3.64. The Bertz CT molecular complexity index is 1310. The molecule has 1 amide bonds. The molecule has 0 bridgehead atoms. The van der Waals surface area contributed by atoms with Crippen molar-refractivity contribution >= 4 is 28.6 Å². The van der Waals surface area contributed by atoms with Gasteiger partial charge in [-0.15, -0.1) is 0 Å². The third kappa shape index (κ3) is 5.13. The highest BCUT2D eigenvalue weighted by Gasteiger charge is 2.25. The molecule has 0 saturated heterocycles. The van der Waals surface area contributed by atoms with Gasteiger partial charge >= 0.3 is 0 Å². The maximum Gasteiger partial charge on any atom is 0.221 e. The molecule has 3 aromatic rings. The Balaban J connectivity index is 1.76. The molecule has 1 aliphatic rings. The van der Waals surface area contributed by atoms with Crippen LogP contribution in [0.4, 0.5) is 5.69 Å². The van der Waals surface area contributed by atoms with Gasteiger partial charge in [-0.2, -0.15) is 0 Å². The lowest BCUT2D eigenvalue weighted by atomic mass is 9.97. The first-order valence-electron chi connectivity index (χ1n) is 10.9. The molecular weight excluding hydrogens is 438 g/mol. The van der Waals surface area contributed by atoms with E-state index < -0.39 is 5.60 Å². The van der Waals surface area contributed by atoms with Crippen LogP contribution in [-0.2, 0) is 14.3 Å². The first-order chi connectivity index (χ1) is 16.3. The second-order valence-corrected chi connectivity index (χ2v) is 8.46. The van der Waals surface area contributed by atoms with Crippen molar-refractivity contribution in [3.05, 3.63) is 58.5 Å². The highest BCUT2D eigenvalue weighted by Crippen LogP contribution is 2.40. The van der Waals surface area contributed by atoms with Crippen molar-refractivity contribution in [2.24, 2.45) is 0 Å². The van der Waals surface area contributed by atoms with Gasteiger partial charge in [0.25, 0.3) is 0 Å². The summed E-state index contributed by atoms with van der Waals surface area (Å²) in [7, 11) is 1.59. The molecule has 0 fully saturated rings. The van der Waals surface area contributed by atoms with Gasteiger partial charge in [-0.25, -0.2) is 0 Å². The average molecular weight is 466 g/mol. The normalized spacial score (nSPS) is 13.9. The monoisotopic (exact) mass is 465 g/mol. The standard InChI is InChI=1S/C26H27NO7/c1-16(28)27-18-5-6-19-23(12-18)32-14-21(25(19)29)20-11-17-7-8-26(2,3)34-22(17)13-24(20)33-15-31-10-9-30-4/h5-8,11-14H,9-10,15H2,1-4H3,(H,27,28). The largest absolute Gasteiger partial charge is 0.483 e. The van der Waals surface area contributed by atoms with Crippen LogP contribution < -0.4 is 20.2 Å². The number of hydrogen-bond donors (Lipinski definition) is 1. The van der Waals surface area contributed by atoms with E-state index in [0.29, 0.717) is 52.5 Å². The lowest BCUT2D eigenvalue weighted by Gasteiger charge is -2.28. The summed E-state index contributed by atoms with van der Waals surface area (Å²) in [6, 6.07) is 8.52. The zero-order valence-corrected chi connectivity index (χ0v) is 19.6. The smallest absolute Gasteiger partial charge is 0.221 e. The van der Waals surface area contributed by atoms with E-state index in [1.54, 1.807) is 31.4 Å². The number of carbonyl (C=O) groups excluding carboxylic acids is 1. The van der Waals surface area contributed by atoms with Gasteiger partial charge < -0.3 is 28.7 Å². The third-order valence-corrected chi connectivity index (χ3v) is 5.26. The van der Waals surface area contributed by atoms with Gasteiger partial charge in [-0.3, -0.25) is 9.59 Å². The van der Waals surface area contributed by atoms with Crippen molar-refractivity contribution in [1.82, 2.24) is 0 Å². The summed E-state index contributed by atoms with van der Waals surface area (Å²) in [5, 5.41) is 3.07. The van der Waals surface area contributed by atoms with Crippen LogP contribution in [0.2, 0.25) is 0 Å². The summed E-state index contributed by atoms with van der Waals surface area (Å²) in [5.74, 6) is 0.873. The number of fused-ring (bicyclic) bond motifs is 2. The minimum atomic E-state index is -0.464. The summed E-state index contributed by atoms with van der Waals surface area (Å²) in [5.41, 5.74) is 1.95. The predicted molar refractivity (Wildman–Crippen MR) is 129 cm³/mol. The van der Waals surface area contributed by atoms with Crippen LogP contribution in [0.1, 0.15) is 26.3 Å². The Labute approximate surface area is 197 Å². The van der Waals surface area contributed by atoms with Crippen LogP contribution in [0.3, 0.4) is 0 Å². The Morgan fingerprint density at radius 3 is 2.71 bits per heavy atom. The Kier molecular flexibility index (Phi) is 6.72. The second kappa shape index (κ2) is 9.70. The van der Waals surface area contributed by atoms with Crippen molar-refractivity contribution in [3.63, 3.8) is 0 Å². The van der Waals surface area contributed by atoms with Crippen LogP contribution in [-0.4, -0.2) is 38.6 Å². The molecule has 4 rings (SSSR count). The predicted octanol–water partition coefficient (Wildman–Crippen LogP) is 4.60. The molecule has 8 nitrogen and oxygen atoms in total. The Morgan fingerprint density at radius 1 is 1.12 bits per heavy atom. The van der Waals surface area contributed by atoms with E-state index in [1.807, 2.05) is 32.1 Å². The molecule has 1 aliphatic heterocycles. The third-order valence-electron chi connectivity index (χ3n) is 5.26. The van der Waals surface area contributed by atoms with Gasteiger partial charge in [-0.05, 0) is 38.1 Å². The highest BCUT2D eigenvalue weighted by molar-refractivity contribution is 5.92. The van der Waals surface area contributed by atoms with Crippen molar-refractivity contribution in [1.29, 1.82) is 0 Å². The van der Waals surface area contributed by atoms with Gasteiger partial charge in [0.1, 0.15) is 28.9 Å². The Morgan fingerprint density at radius 2 is 1.94 bits per heavy atom. The number of ether oxygens (including phenoxy) is 4. The molecule has 0 spiro atoms. The van der Waals surface area contributed by atoms with Crippen LogP contribution in [0.5, 0.6) is 11.5 Å². The van der Waals surface area contributed by atoms with Gasteiger partial charge in [0.05, 0.1) is 24.2 Å². The molecule has 0 saturated carbocycles. The molecule has 8 heteroatoms. The maximum atomic E-state index is 13.4. The second-order valence-electron chi connectivity index (χ2n) is 8.46. The van der Waals surface area contributed by atoms with Gasteiger partial charge in [0.15, 0.2) is 6.79 Å². The topological polar surface area (TPSA) is 96.2 Å². The lowest BCUT2D eigenvalue weighted by Crippen LogP contribution is -2.27. The summed E-state index contributed by atoms with van der Waals surface area (Å²) >= 11 is 0. The molecule has 178 valence electrons. The highest BCUT2D eigenvalue weighted by atomic mass is 16.7. The summed E-state index contributed by atoms with van der Waals surface area (Å²) in [6.07, 6.45) is 5.32. The number of rotatable bonds is 8. The summed E-state index contributed by atoms with van der Waals surface area (Å²) in [6.45, 7) is 6.13. The zero-order chi connectivity index (χ0) is 24.3. The number of nitrogens with one attached hydrogen (secondary N) is 1. The molecular formula is C26H27NO7. The fourth-order valence-electron chi connectivity index (χ4n) is 3.64. The first-order valence-corrected chi connectivity index (χ1v) is 10.9. The molecule has 1 N–H and O–H groups in total. The van der Waals surface area contributed by atoms with E-state index in [0.717, 1.165) is 5.56 Å². The van der Waals surface area contributed by atoms with Gasteiger partial charge in [-0.1, -0.05) is 6.08 Å². The molecule has 0 atom stereocenters. The zero-order valence-electron chi connectivity index (χ0n) is 19.6. The van der Waals surface area contributed by atoms with Crippen molar-refractivity contribution in [2.75, 3.05) is 32.4 Å². The van der Waals surface area contributed by atoms with Crippen LogP contribution >= 0.6 is 0 Å². The van der Waals surface area contributed by atoms with E-state index >= 15 is 0 Å². The first kappa shape index (κ1) is 23.5. The van der Waals surface area contributed by atoms with E-state index in [-0.39, 0.29) is 18.1 Å². The fraction of sp³-hybridized carbons (Fsp3) is 0.308. The average Bonchev–Trinajstić information content (AvgIpc) is 2.78. The SMILES string of the molecule is COCCOCOc1cc2c(cc1-c1coc3cc(NC(C)=O)ccc3c1=O)C=CC(C)(C)O2. The van der Waals surface area contributed by atoms with Crippen molar-refractivity contribution < 1.29 is 28.2 Å². The maximum absolute atomic E-state index is 13.4. The van der Waals surface area contributed by atoms with Crippen LogP contribution in [0, 0.1) is 0 Å². The summed E-state index contributed by atoms with van der Waals surface area (Å²) < 4.78 is 28.2. The Hall–Kier alpha value is -3.62. The number of anilines is 1. The minimum absolute atomic E-state index is 0.0205. The minimum Gasteiger partial charge on any atom is -0.483 e. The number of hydrogen-bond acceptors (Lipinski definition) is 7. The molecule has 34 heavy (non-hydrogen) atoms. The van der Waals surface area contributed by atoms with Gasteiger partial charge in [0.2, 0.25) is 11.3 Å².